The molecule has 1 heteroatoms. The molecule has 1 aromatic heterocycles. The van der Waals surface area contributed by atoms with Crippen LogP contribution in [-0.2, 0) is 0 Å². The molecular weight excluding hydrogens is 326 g/mol. The molecule has 0 aliphatic carbocycles. The summed E-state index contributed by atoms with van der Waals surface area (Å²) in [5.74, 6) is 0. The van der Waals surface area contributed by atoms with Crippen LogP contribution in [-0.4, -0.2) is 4.57 Å². The molecule has 0 N–H and O–H groups in total. The monoisotopic (exact) mass is 343 g/mol. The fourth-order valence-corrected chi connectivity index (χ4v) is 4.25. The minimum Gasteiger partial charge on any atom is -0.309 e. The van der Waals surface area contributed by atoms with Crippen molar-refractivity contribution in [2.24, 2.45) is 0 Å². The predicted octanol–water partition coefficient (Wildman–Crippen LogP) is 7.09. The molecule has 0 fully saturated rings. The molecule has 0 saturated carbocycles. The van der Waals surface area contributed by atoms with E-state index in [1.807, 2.05) is 0 Å². The lowest BCUT2D eigenvalue weighted by atomic mass is 10.1. The van der Waals surface area contributed by atoms with Gasteiger partial charge in [-0.2, -0.15) is 0 Å². The number of hydrogen-bond acceptors (Lipinski definition) is 0. The molecule has 0 atom stereocenters. The van der Waals surface area contributed by atoms with E-state index in [-0.39, 0.29) is 0 Å². The zero-order valence-electron chi connectivity index (χ0n) is 14.8. The Balaban J connectivity index is 1.79. The summed E-state index contributed by atoms with van der Waals surface area (Å²) in [6.45, 7) is 0. The topological polar surface area (TPSA) is 4.93 Å². The van der Waals surface area contributed by atoms with Gasteiger partial charge < -0.3 is 4.57 Å². The van der Waals surface area contributed by atoms with Crippen molar-refractivity contribution in [3.05, 3.63) is 103 Å². The fourth-order valence-electron chi connectivity index (χ4n) is 4.25. The van der Waals surface area contributed by atoms with Crippen molar-refractivity contribution in [3.8, 4) is 5.69 Å². The summed E-state index contributed by atoms with van der Waals surface area (Å²) in [7, 11) is 0. The highest BCUT2D eigenvalue weighted by Gasteiger charge is 2.13. The maximum absolute atomic E-state index is 2.39. The van der Waals surface area contributed by atoms with Gasteiger partial charge in [-0.25, -0.2) is 0 Å². The lowest BCUT2D eigenvalue weighted by molar-refractivity contribution is 1.19. The number of rotatable bonds is 1. The van der Waals surface area contributed by atoms with Crippen LogP contribution < -0.4 is 0 Å². The van der Waals surface area contributed by atoms with Gasteiger partial charge in [0.2, 0.25) is 0 Å². The summed E-state index contributed by atoms with van der Waals surface area (Å²) < 4.78 is 2.39. The highest BCUT2D eigenvalue weighted by molar-refractivity contribution is 6.13. The van der Waals surface area contributed by atoms with Crippen LogP contribution >= 0.6 is 0 Å². The Morgan fingerprint density at radius 3 is 1.85 bits per heavy atom. The first-order valence-electron chi connectivity index (χ1n) is 9.30. The van der Waals surface area contributed by atoms with Gasteiger partial charge in [-0.15, -0.1) is 0 Å². The molecule has 0 aliphatic rings. The molecule has 6 aromatic rings. The van der Waals surface area contributed by atoms with Crippen LogP contribution in [0.2, 0.25) is 0 Å². The van der Waals surface area contributed by atoms with Crippen molar-refractivity contribution in [1.29, 1.82) is 0 Å². The quantitative estimate of drug-likeness (QED) is 0.300. The lowest BCUT2D eigenvalue weighted by Crippen LogP contribution is -1.93. The summed E-state index contributed by atoms with van der Waals surface area (Å²) in [5.41, 5.74) is 3.71. The predicted molar refractivity (Wildman–Crippen MR) is 116 cm³/mol. The number of aromatic nitrogens is 1. The van der Waals surface area contributed by atoms with E-state index in [1.165, 1.54) is 49.0 Å². The normalized spacial score (nSPS) is 11.7. The van der Waals surface area contributed by atoms with E-state index in [9.17, 15) is 0 Å². The van der Waals surface area contributed by atoms with Gasteiger partial charge in [0.05, 0.1) is 11.0 Å². The van der Waals surface area contributed by atoms with Crippen molar-refractivity contribution >= 4 is 43.4 Å². The number of benzene rings is 5. The van der Waals surface area contributed by atoms with E-state index in [0.29, 0.717) is 0 Å². The van der Waals surface area contributed by atoms with Crippen LogP contribution in [0.3, 0.4) is 0 Å². The third kappa shape index (κ3) is 2.12. The average molecular weight is 343 g/mol. The SMILES string of the molecule is c1ccc2cc(-n3c4ccccc4c4cc5ccccc5cc43)ccc2c1. The third-order valence-corrected chi connectivity index (χ3v) is 5.53. The van der Waals surface area contributed by atoms with Gasteiger partial charge in [-0.1, -0.05) is 72.8 Å². The molecule has 5 aromatic carbocycles. The molecule has 126 valence electrons. The second kappa shape index (κ2) is 5.46. The number of para-hydroxylation sites is 1. The van der Waals surface area contributed by atoms with Crippen LogP contribution in [0, 0.1) is 0 Å². The second-order valence-electron chi connectivity index (χ2n) is 7.10. The summed E-state index contributed by atoms with van der Waals surface area (Å²) >= 11 is 0. The maximum Gasteiger partial charge on any atom is 0.0547 e. The van der Waals surface area contributed by atoms with Gasteiger partial charge in [0.25, 0.3) is 0 Å². The molecule has 0 spiro atoms. The summed E-state index contributed by atoms with van der Waals surface area (Å²) in [6, 6.07) is 37.2. The first kappa shape index (κ1) is 14.6. The van der Waals surface area contributed by atoms with Crippen molar-refractivity contribution in [1.82, 2.24) is 4.57 Å². The highest BCUT2D eigenvalue weighted by atomic mass is 15.0. The number of nitrogens with zero attached hydrogens (tertiary/aromatic N) is 1. The van der Waals surface area contributed by atoms with Crippen molar-refractivity contribution in [3.63, 3.8) is 0 Å². The Labute approximate surface area is 157 Å². The van der Waals surface area contributed by atoms with E-state index >= 15 is 0 Å². The summed E-state index contributed by atoms with van der Waals surface area (Å²) in [6.07, 6.45) is 0. The van der Waals surface area contributed by atoms with E-state index in [2.05, 4.69) is 108 Å². The smallest absolute Gasteiger partial charge is 0.0547 e. The molecule has 27 heavy (non-hydrogen) atoms. The Morgan fingerprint density at radius 2 is 1.04 bits per heavy atom. The maximum atomic E-state index is 2.39. The first-order valence-corrected chi connectivity index (χ1v) is 9.30. The van der Waals surface area contributed by atoms with Crippen molar-refractivity contribution in [2.75, 3.05) is 0 Å². The molecule has 1 heterocycles. The molecule has 0 saturated heterocycles. The van der Waals surface area contributed by atoms with Gasteiger partial charge >= 0.3 is 0 Å². The lowest BCUT2D eigenvalue weighted by Gasteiger charge is -2.10. The first-order chi connectivity index (χ1) is 13.4. The molecule has 0 unspecified atom stereocenters. The standard InChI is InChI=1S/C26H17N/c1-2-8-19-15-22(14-13-18(19)7-1)27-25-12-6-5-11-23(25)24-16-20-9-3-4-10-21(20)17-26(24)27/h1-17H. The van der Waals surface area contributed by atoms with Crippen LogP contribution in [0.25, 0.3) is 49.0 Å². The molecule has 0 amide bonds. The Hall–Kier alpha value is -3.58. The third-order valence-electron chi connectivity index (χ3n) is 5.53. The van der Waals surface area contributed by atoms with Crippen LogP contribution in [0.5, 0.6) is 0 Å². The van der Waals surface area contributed by atoms with Gasteiger partial charge in [-0.05, 0) is 51.9 Å². The van der Waals surface area contributed by atoms with Gasteiger partial charge in [0, 0.05) is 16.5 Å². The Bertz CT molecular complexity index is 1470. The summed E-state index contributed by atoms with van der Waals surface area (Å²) in [5, 5.41) is 7.69. The number of hydrogen-bond donors (Lipinski definition) is 0. The molecule has 0 bridgehead atoms. The molecule has 0 radical (unpaired) electrons. The molecular formula is C26H17N. The second-order valence-corrected chi connectivity index (χ2v) is 7.10. The molecule has 1 nitrogen and oxygen atoms in total. The Kier molecular flexibility index (Phi) is 2.95. The zero-order chi connectivity index (χ0) is 17.8. The fraction of sp³-hybridized carbons (Fsp3) is 0. The summed E-state index contributed by atoms with van der Waals surface area (Å²) in [4.78, 5) is 0. The zero-order valence-corrected chi connectivity index (χ0v) is 14.8. The van der Waals surface area contributed by atoms with E-state index in [1.54, 1.807) is 0 Å². The minimum atomic E-state index is 1.20. The number of fused-ring (bicyclic) bond motifs is 5. The molecule has 0 aliphatic heterocycles. The Morgan fingerprint density at radius 1 is 0.407 bits per heavy atom. The van der Waals surface area contributed by atoms with Crippen molar-refractivity contribution < 1.29 is 0 Å². The van der Waals surface area contributed by atoms with Gasteiger partial charge in [-0.3, -0.25) is 0 Å². The van der Waals surface area contributed by atoms with E-state index in [0.717, 1.165) is 0 Å². The van der Waals surface area contributed by atoms with Crippen LogP contribution in [0.15, 0.2) is 103 Å². The van der Waals surface area contributed by atoms with Gasteiger partial charge in [0.1, 0.15) is 0 Å². The van der Waals surface area contributed by atoms with E-state index in [4.69, 9.17) is 0 Å². The van der Waals surface area contributed by atoms with Crippen LogP contribution in [0.1, 0.15) is 0 Å². The van der Waals surface area contributed by atoms with Crippen molar-refractivity contribution in [2.45, 2.75) is 0 Å². The largest absolute Gasteiger partial charge is 0.309 e. The molecule has 6 rings (SSSR count). The van der Waals surface area contributed by atoms with Gasteiger partial charge in [0.15, 0.2) is 0 Å². The minimum absolute atomic E-state index is 1.20. The van der Waals surface area contributed by atoms with Crippen LogP contribution in [0.4, 0.5) is 0 Å². The average Bonchev–Trinajstić information content (AvgIpc) is 3.05. The van der Waals surface area contributed by atoms with E-state index < -0.39 is 0 Å². The highest BCUT2D eigenvalue weighted by Crippen LogP contribution is 2.35.